The Bertz CT molecular complexity index is 1690. The fourth-order valence-corrected chi connectivity index (χ4v) is 7.34. The van der Waals surface area contributed by atoms with Crippen LogP contribution in [-0.4, -0.2) is 23.2 Å². The molecule has 0 saturated heterocycles. The number of aromatic nitrogens is 2. The standard InChI is InChI=1S/C27H40FNO.C26H38FNO/c1-5-6-7-8-9-17-30-27-16-14-24(19-25(27)28)26-15-13-23(20-29-26)18-22(4)12-10-11-21(2)3;1-5-6-7-8-16-29-26-15-13-23(18-24(26)27)25-14-12-22(19-28-25)17-21(4)11-9-10-20(2)3/h13-16,19-22H,5-12,17-18H2,1-4H3;12-15,18-21H,5-11,16-17H2,1-4H3. The van der Waals surface area contributed by atoms with Gasteiger partial charge < -0.3 is 9.47 Å². The lowest BCUT2D eigenvalue weighted by atomic mass is 9.94. The Morgan fingerprint density at radius 2 is 0.881 bits per heavy atom. The van der Waals surface area contributed by atoms with Gasteiger partial charge in [0, 0.05) is 23.5 Å². The van der Waals surface area contributed by atoms with Crippen LogP contribution in [0.2, 0.25) is 0 Å². The van der Waals surface area contributed by atoms with Crippen LogP contribution in [0.5, 0.6) is 11.5 Å². The first-order chi connectivity index (χ1) is 28.5. The maximum absolute atomic E-state index is 14.4. The summed E-state index contributed by atoms with van der Waals surface area (Å²) in [7, 11) is 0. The highest BCUT2D eigenvalue weighted by Gasteiger charge is 2.11. The number of hydrogen-bond acceptors (Lipinski definition) is 4. The van der Waals surface area contributed by atoms with Crippen LogP contribution in [0.25, 0.3) is 22.5 Å². The smallest absolute Gasteiger partial charge is 0.165 e. The predicted molar refractivity (Wildman–Crippen MR) is 246 cm³/mol. The molecule has 2 heterocycles. The van der Waals surface area contributed by atoms with Crippen LogP contribution in [0.15, 0.2) is 73.1 Å². The van der Waals surface area contributed by atoms with E-state index >= 15 is 0 Å². The van der Waals surface area contributed by atoms with Gasteiger partial charge in [-0.1, -0.05) is 151 Å². The molecule has 0 saturated carbocycles. The summed E-state index contributed by atoms with van der Waals surface area (Å²) in [5.74, 6) is 2.91. The topological polar surface area (TPSA) is 44.2 Å². The molecule has 326 valence electrons. The molecule has 6 heteroatoms. The molecule has 0 amide bonds. The lowest BCUT2D eigenvalue weighted by Crippen LogP contribution is -2.02. The van der Waals surface area contributed by atoms with E-state index in [9.17, 15) is 8.78 Å². The zero-order chi connectivity index (χ0) is 42.8. The Morgan fingerprint density at radius 1 is 0.475 bits per heavy atom. The molecule has 0 aliphatic rings. The van der Waals surface area contributed by atoms with E-state index in [4.69, 9.17) is 9.47 Å². The molecule has 0 spiro atoms. The summed E-state index contributed by atoms with van der Waals surface area (Å²) in [5, 5.41) is 0. The van der Waals surface area contributed by atoms with E-state index in [1.54, 1.807) is 12.1 Å². The Hall–Kier alpha value is -3.80. The second kappa shape index (κ2) is 28.6. The van der Waals surface area contributed by atoms with Crippen LogP contribution >= 0.6 is 0 Å². The first-order valence-electron chi connectivity index (χ1n) is 23.2. The van der Waals surface area contributed by atoms with Crippen LogP contribution in [0.4, 0.5) is 8.78 Å². The molecular weight excluding hydrogens is 735 g/mol. The van der Waals surface area contributed by atoms with E-state index in [1.807, 2.05) is 36.7 Å². The quantitative estimate of drug-likeness (QED) is 0.0563. The van der Waals surface area contributed by atoms with Gasteiger partial charge in [-0.05, 0) is 109 Å². The summed E-state index contributed by atoms with van der Waals surface area (Å²) in [5.41, 5.74) is 5.68. The summed E-state index contributed by atoms with van der Waals surface area (Å²) in [6.07, 6.45) is 23.9. The molecule has 4 aromatic rings. The molecule has 4 rings (SSSR count). The first-order valence-corrected chi connectivity index (χ1v) is 23.2. The number of unbranched alkanes of at least 4 members (excludes halogenated alkanes) is 7. The van der Waals surface area contributed by atoms with E-state index in [2.05, 4.69) is 77.5 Å². The van der Waals surface area contributed by atoms with E-state index in [0.29, 0.717) is 36.5 Å². The first kappa shape index (κ1) is 49.6. The van der Waals surface area contributed by atoms with Gasteiger partial charge in [0.05, 0.1) is 24.6 Å². The van der Waals surface area contributed by atoms with Crippen LogP contribution in [0.3, 0.4) is 0 Å². The third-order valence-electron chi connectivity index (χ3n) is 11.0. The Labute approximate surface area is 358 Å². The van der Waals surface area contributed by atoms with Gasteiger partial charge in [-0.25, -0.2) is 8.78 Å². The predicted octanol–water partition coefficient (Wildman–Crippen LogP) is 16.1. The second-order valence-corrected chi connectivity index (χ2v) is 17.8. The molecule has 59 heavy (non-hydrogen) atoms. The lowest BCUT2D eigenvalue weighted by Gasteiger charge is -2.13. The van der Waals surface area contributed by atoms with Crippen molar-refractivity contribution in [3.63, 3.8) is 0 Å². The summed E-state index contributed by atoms with van der Waals surface area (Å²) in [6.45, 7) is 19.3. The summed E-state index contributed by atoms with van der Waals surface area (Å²) < 4.78 is 40.0. The number of nitrogens with zero attached hydrogens (tertiary/aromatic N) is 2. The van der Waals surface area contributed by atoms with Crippen molar-refractivity contribution in [1.29, 1.82) is 0 Å². The molecule has 4 nitrogen and oxygen atoms in total. The highest BCUT2D eigenvalue weighted by molar-refractivity contribution is 5.61. The van der Waals surface area contributed by atoms with Crippen LogP contribution < -0.4 is 9.47 Å². The van der Waals surface area contributed by atoms with Gasteiger partial charge in [0.1, 0.15) is 0 Å². The monoisotopic (exact) mass is 813 g/mol. The van der Waals surface area contributed by atoms with Crippen molar-refractivity contribution < 1.29 is 18.3 Å². The number of ether oxygens (including phenoxy) is 2. The van der Waals surface area contributed by atoms with Crippen LogP contribution in [0, 0.1) is 35.3 Å². The fraction of sp³-hybridized carbons (Fsp3) is 0.585. The zero-order valence-electron chi connectivity index (χ0n) is 38.1. The number of benzene rings is 2. The van der Waals surface area contributed by atoms with Crippen molar-refractivity contribution in [2.45, 2.75) is 165 Å². The Kier molecular flexibility index (Phi) is 24.0. The largest absolute Gasteiger partial charge is 0.491 e. The lowest BCUT2D eigenvalue weighted by molar-refractivity contribution is 0.290. The van der Waals surface area contributed by atoms with Gasteiger partial charge in [0.2, 0.25) is 0 Å². The fourth-order valence-electron chi connectivity index (χ4n) is 7.34. The average Bonchev–Trinajstić information content (AvgIpc) is 3.20. The van der Waals surface area contributed by atoms with Crippen molar-refractivity contribution in [3.8, 4) is 34.0 Å². The minimum absolute atomic E-state index is 0.314. The minimum atomic E-state index is -0.317. The van der Waals surface area contributed by atoms with Crippen molar-refractivity contribution in [2.24, 2.45) is 23.7 Å². The van der Waals surface area contributed by atoms with Crippen molar-refractivity contribution >= 4 is 0 Å². The molecule has 2 unspecified atom stereocenters. The maximum Gasteiger partial charge on any atom is 0.165 e. The maximum atomic E-state index is 14.4. The van der Waals surface area contributed by atoms with E-state index in [-0.39, 0.29) is 11.6 Å². The number of rotatable bonds is 27. The zero-order valence-corrected chi connectivity index (χ0v) is 38.1. The van der Waals surface area contributed by atoms with Gasteiger partial charge in [0.15, 0.2) is 23.1 Å². The van der Waals surface area contributed by atoms with Crippen molar-refractivity contribution in [2.75, 3.05) is 13.2 Å². The van der Waals surface area contributed by atoms with Crippen LogP contribution in [-0.2, 0) is 12.8 Å². The molecule has 0 aliphatic heterocycles. The van der Waals surface area contributed by atoms with Gasteiger partial charge in [-0.3, -0.25) is 9.97 Å². The van der Waals surface area contributed by atoms with E-state index < -0.39 is 0 Å². The summed E-state index contributed by atoms with van der Waals surface area (Å²) >= 11 is 0. The molecule has 0 N–H and O–H groups in total. The van der Waals surface area contributed by atoms with E-state index in [0.717, 1.165) is 72.9 Å². The Balaban J connectivity index is 0.000000316. The van der Waals surface area contributed by atoms with Gasteiger partial charge >= 0.3 is 0 Å². The van der Waals surface area contributed by atoms with Crippen molar-refractivity contribution in [3.05, 3.63) is 95.8 Å². The normalized spacial score (nSPS) is 12.3. The highest BCUT2D eigenvalue weighted by atomic mass is 19.1. The third-order valence-corrected chi connectivity index (χ3v) is 11.0. The molecular formula is C53H78F2N2O2. The summed E-state index contributed by atoms with van der Waals surface area (Å²) in [6, 6.07) is 18.5. The van der Waals surface area contributed by atoms with Crippen molar-refractivity contribution in [1.82, 2.24) is 9.97 Å². The second-order valence-electron chi connectivity index (χ2n) is 17.8. The molecule has 2 atom stereocenters. The van der Waals surface area contributed by atoms with Crippen LogP contribution in [0.1, 0.15) is 163 Å². The van der Waals surface area contributed by atoms with Gasteiger partial charge in [-0.15, -0.1) is 0 Å². The molecule has 0 fully saturated rings. The van der Waals surface area contributed by atoms with E-state index in [1.165, 1.54) is 93.9 Å². The average molecular weight is 813 g/mol. The van der Waals surface area contributed by atoms with Gasteiger partial charge in [0.25, 0.3) is 0 Å². The summed E-state index contributed by atoms with van der Waals surface area (Å²) in [4.78, 5) is 9.15. The van der Waals surface area contributed by atoms with Gasteiger partial charge in [-0.2, -0.15) is 0 Å². The number of halogens is 2. The number of hydrogen-bond donors (Lipinski definition) is 0. The SMILES string of the molecule is CCCCCCCOc1ccc(-c2ccc(CC(C)CCCC(C)C)cn2)cc1F.CCCCCCOc1ccc(-c2ccc(CC(C)CCCC(C)C)cn2)cc1F. The molecule has 0 radical (unpaired) electrons. The molecule has 0 aliphatic carbocycles. The molecule has 2 aromatic carbocycles. The third kappa shape index (κ3) is 20.3. The number of pyridine rings is 2. The molecule has 0 bridgehead atoms. The minimum Gasteiger partial charge on any atom is -0.491 e. The molecule has 2 aromatic heterocycles. The highest BCUT2D eigenvalue weighted by Crippen LogP contribution is 2.27. The Morgan fingerprint density at radius 3 is 1.24 bits per heavy atom.